The van der Waals surface area contributed by atoms with Crippen LogP contribution in [0.5, 0.6) is 0 Å². The van der Waals surface area contributed by atoms with Gasteiger partial charge < -0.3 is 5.73 Å². The zero-order valence-corrected chi connectivity index (χ0v) is 12.2. The average molecular weight is 293 g/mol. The van der Waals surface area contributed by atoms with Crippen molar-refractivity contribution in [3.63, 3.8) is 0 Å². The first-order valence-corrected chi connectivity index (χ1v) is 8.61. The zero-order chi connectivity index (χ0) is 13.9. The maximum Gasteiger partial charge on any atom is 0.177 e. The minimum atomic E-state index is -3.28. The summed E-state index contributed by atoms with van der Waals surface area (Å²) < 4.78 is 23.2. The first-order valence-electron chi connectivity index (χ1n) is 5.74. The Morgan fingerprint density at radius 1 is 1.05 bits per heavy atom. The lowest BCUT2D eigenvalue weighted by molar-refractivity contribution is 0.602. The number of anilines is 1. The van der Waals surface area contributed by atoms with Crippen LogP contribution in [0.25, 0.3) is 0 Å². The molecule has 0 amide bonds. The van der Waals surface area contributed by atoms with E-state index in [1.54, 1.807) is 17.8 Å². The molecule has 0 radical (unpaired) electrons. The van der Waals surface area contributed by atoms with Crippen molar-refractivity contribution in [1.82, 2.24) is 0 Å². The second kappa shape index (κ2) is 5.67. The summed E-state index contributed by atoms with van der Waals surface area (Å²) in [5.74, 6) is 0.762. The van der Waals surface area contributed by atoms with E-state index in [9.17, 15) is 8.42 Å². The van der Waals surface area contributed by atoms with Crippen molar-refractivity contribution in [2.75, 3.05) is 12.0 Å². The molecular weight excluding hydrogens is 278 g/mol. The fourth-order valence-electron chi connectivity index (χ4n) is 1.71. The molecule has 2 aromatic rings. The third-order valence-electron chi connectivity index (χ3n) is 2.66. The molecule has 0 saturated carbocycles. The van der Waals surface area contributed by atoms with E-state index < -0.39 is 9.84 Å². The molecule has 5 heteroatoms. The van der Waals surface area contributed by atoms with Gasteiger partial charge in [-0.3, -0.25) is 0 Å². The first kappa shape index (κ1) is 14.0. The maximum absolute atomic E-state index is 11.6. The average Bonchev–Trinajstić information content (AvgIpc) is 2.37. The van der Waals surface area contributed by atoms with Crippen molar-refractivity contribution in [3.8, 4) is 0 Å². The van der Waals surface area contributed by atoms with Gasteiger partial charge in [0.05, 0.1) is 10.6 Å². The van der Waals surface area contributed by atoms with E-state index in [0.29, 0.717) is 5.69 Å². The molecule has 2 aromatic carbocycles. The number of hydrogen-bond acceptors (Lipinski definition) is 4. The Labute approximate surface area is 117 Å². The van der Waals surface area contributed by atoms with Crippen LogP contribution in [-0.2, 0) is 15.6 Å². The first-order chi connectivity index (χ1) is 8.98. The van der Waals surface area contributed by atoms with Crippen LogP contribution in [0.1, 0.15) is 5.56 Å². The van der Waals surface area contributed by atoms with E-state index in [1.807, 2.05) is 36.4 Å². The van der Waals surface area contributed by atoms with E-state index in [-0.39, 0.29) is 4.90 Å². The highest BCUT2D eigenvalue weighted by Gasteiger charge is 2.14. The van der Waals surface area contributed by atoms with Gasteiger partial charge in [0.25, 0.3) is 0 Å². The SMILES string of the molecule is CS(=O)(=O)c1cccc(SCc2ccccc2)c1N. The predicted octanol–water partition coefficient (Wildman–Crippen LogP) is 2.96. The molecule has 0 aliphatic carbocycles. The lowest BCUT2D eigenvalue weighted by Crippen LogP contribution is -2.03. The summed E-state index contributed by atoms with van der Waals surface area (Å²) in [6.07, 6.45) is 1.17. The molecule has 3 nitrogen and oxygen atoms in total. The monoisotopic (exact) mass is 293 g/mol. The number of benzene rings is 2. The van der Waals surface area contributed by atoms with Gasteiger partial charge in [-0.2, -0.15) is 0 Å². The second-order valence-electron chi connectivity index (χ2n) is 4.21. The van der Waals surface area contributed by atoms with Crippen LogP contribution in [0.4, 0.5) is 5.69 Å². The minimum Gasteiger partial charge on any atom is -0.397 e. The van der Waals surface area contributed by atoms with Crippen LogP contribution in [0.3, 0.4) is 0 Å². The second-order valence-corrected chi connectivity index (χ2v) is 7.22. The molecule has 0 atom stereocenters. The van der Waals surface area contributed by atoms with Gasteiger partial charge in [-0.1, -0.05) is 36.4 Å². The van der Waals surface area contributed by atoms with Crippen LogP contribution in [0.15, 0.2) is 58.3 Å². The number of sulfone groups is 1. The zero-order valence-electron chi connectivity index (χ0n) is 10.5. The van der Waals surface area contributed by atoms with Gasteiger partial charge in [0.2, 0.25) is 0 Å². The molecule has 2 N–H and O–H groups in total. The molecule has 0 heterocycles. The van der Waals surface area contributed by atoms with E-state index >= 15 is 0 Å². The van der Waals surface area contributed by atoms with Gasteiger partial charge in [-0.05, 0) is 17.7 Å². The van der Waals surface area contributed by atoms with Crippen molar-refractivity contribution in [3.05, 3.63) is 54.1 Å². The Bertz CT molecular complexity index is 667. The Hall–Kier alpha value is -1.46. The third-order valence-corrected chi connectivity index (χ3v) is 4.96. The third kappa shape index (κ3) is 3.52. The Morgan fingerprint density at radius 3 is 2.37 bits per heavy atom. The molecule has 100 valence electrons. The maximum atomic E-state index is 11.6. The minimum absolute atomic E-state index is 0.200. The molecule has 19 heavy (non-hydrogen) atoms. The summed E-state index contributed by atoms with van der Waals surface area (Å²) >= 11 is 1.54. The lowest BCUT2D eigenvalue weighted by atomic mass is 10.2. The summed E-state index contributed by atoms with van der Waals surface area (Å²) in [4.78, 5) is 0.998. The molecule has 2 rings (SSSR count). The van der Waals surface area contributed by atoms with Gasteiger partial charge >= 0.3 is 0 Å². The summed E-state index contributed by atoms with van der Waals surface area (Å²) in [6.45, 7) is 0. The molecule has 0 bridgehead atoms. The molecule has 0 saturated heterocycles. The summed E-state index contributed by atoms with van der Waals surface area (Å²) in [5, 5.41) is 0. The van der Waals surface area contributed by atoms with Crippen molar-refractivity contribution < 1.29 is 8.42 Å². The van der Waals surface area contributed by atoms with E-state index in [4.69, 9.17) is 5.73 Å². The summed E-state index contributed by atoms with van der Waals surface area (Å²) in [6, 6.07) is 15.1. The molecule has 0 unspecified atom stereocenters. The van der Waals surface area contributed by atoms with Gasteiger partial charge in [-0.15, -0.1) is 11.8 Å². The number of nitrogen functional groups attached to an aromatic ring is 1. The van der Waals surface area contributed by atoms with Crippen molar-refractivity contribution in [2.45, 2.75) is 15.5 Å². The predicted molar refractivity (Wildman–Crippen MR) is 80.0 cm³/mol. The molecular formula is C14H15NO2S2. The van der Waals surface area contributed by atoms with Gasteiger partial charge in [-0.25, -0.2) is 8.42 Å². The molecule has 0 spiro atoms. The summed E-state index contributed by atoms with van der Waals surface area (Å²) in [5.41, 5.74) is 7.45. The smallest absolute Gasteiger partial charge is 0.177 e. The highest BCUT2D eigenvalue weighted by molar-refractivity contribution is 7.98. The molecule has 0 aliphatic rings. The molecule has 0 aromatic heterocycles. The topological polar surface area (TPSA) is 60.2 Å². The fourth-order valence-corrected chi connectivity index (χ4v) is 3.56. The summed E-state index contributed by atoms with van der Waals surface area (Å²) in [7, 11) is -3.28. The van der Waals surface area contributed by atoms with E-state index in [2.05, 4.69) is 0 Å². The number of para-hydroxylation sites is 1. The molecule has 0 aliphatic heterocycles. The van der Waals surface area contributed by atoms with Gasteiger partial charge in [0, 0.05) is 16.9 Å². The van der Waals surface area contributed by atoms with Crippen molar-refractivity contribution in [2.24, 2.45) is 0 Å². The number of rotatable bonds is 4. The Morgan fingerprint density at radius 2 is 1.74 bits per heavy atom. The highest BCUT2D eigenvalue weighted by Crippen LogP contribution is 2.32. The quantitative estimate of drug-likeness (QED) is 0.695. The Kier molecular flexibility index (Phi) is 4.17. The molecule has 0 fully saturated rings. The van der Waals surface area contributed by atoms with E-state index in [0.717, 1.165) is 10.6 Å². The van der Waals surface area contributed by atoms with Crippen LogP contribution < -0.4 is 5.73 Å². The van der Waals surface area contributed by atoms with E-state index in [1.165, 1.54) is 17.9 Å². The number of hydrogen-bond donors (Lipinski definition) is 1. The largest absolute Gasteiger partial charge is 0.397 e. The normalized spacial score (nSPS) is 11.4. The van der Waals surface area contributed by atoms with Crippen molar-refractivity contribution in [1.29, 1.82) is 0 Å². The van der Waals surface area contributed by atoms with Gasteiger partial charge in [0.15, 0.2) is 9.84 Å². The van der Waals surface area contributed by atoms with Crippen LogP contribution in [0.2, 0.25) is 0 Å². The number of nitrogens with two attached hydrogens (primary N) is 1. The van der Waals surface area contributed by atoms with Crippen LogP contribution in [-0.4, -0.2) is 14.7 Å². The van der Waals surface area contributed by atoms with Crippen LogP contribution >= 0.6 is 11.8 Å². The standard InChI is InChI=1S/C14H15NO2S2/c1-19(16,17)13-9-5-8-12(14(13)15)18-10-11-6-3-2-4-7-11/h2-9H,10,15H2,1H3. The fraction of sp³-hybridized carbons (Fsp3) is 0.143. The van der Waals surface area contributed by atoms with Crippen molar-refractivity contribution >= 4 is 27.3 Å². The highest BCUT2D eigenvalue weighted by atomic mass is 32.2. The Balaban J connectivity index is 2.23. The lowest BCUT2D eigenvalue weighted by Gasteiger charge is -2.09. The van der Waals surface area contributed by atoms with Crippen LogP contribution in [0, 0.1) is 0 Å². The van der Waals surface area contributed by atoms with Gasteiger partial charge in [0.1, 0.15) is 0 Å². The number of thioether (sulfide) groups is 1.